The molecule has 0 fully saturated rings. The quantitative estimate of drug-likeness (QED) is 0.444. The molecular weight excluding hydrogens is 376 g/mol. The Morgan fingerprint density at radius 3 is 2.34 bits per heavy atom. The van der Waals surface area contributed by atoms with Gasteiger partial charge in [-0.25, -0.2) is 9.59 Å². The fraction of sp³-hybridized carbons (Fsp3) is 0.476. The molecule has 8 heteroatoms. The van der Waals surface area contributed by atoms with Crippen LogP contribution in [0.4, 0.5) is 9.59 Å². The second kappa shape index (κ2) is 9.95. The molecule has 3 atom stereocenters. The molecule has 1 aromatic carbocycles. The molecule has 3 unspecified atom stereocenters. The van der Waals surface area contributed by atoms with Gasteiger partial charge in [-0.05, 0) is 32.4 Å². The maximum absolute atomic E-state index is 12.3. The molecule has 0 saturated heterocycles. The molecule has 0 aromatic heterocycles. The monoisotopic (exact) mass is 404 g/mol. The third-order valence-electron chi connectivity index (χ3n) is 3.97. The van der Waals surface area contributed by atoms with E-state index in [2.05, 4.69) is 10.6 Å². The van der Waals surface area contributed by atoms with Crippen molar-refractivity contribution in [3.05, 3.63) is 48.0 Å². The molecule has 0 spiro atoms. The number of carbonyl (C=O) groups is 3. The molecule has 1 aromatic rings. The average Bonchev–Trinajstić information content (AvgIpc) is 2.61. The van der Waals surface area contributed by atoms with E-state index >= 15 is 0 Å². The van der Waals surface area contributed by atoms with Crippen LogP contribution in [0.1, 0.15) is 39.7 Å². The van der Waals surface area contributed by atoms with Crippen LogP contribution in [0.25, 0.3) is 0 Å². The van der Waals surface area contributed by atoms with Crippen LogP contribution in [-0.2, 0) is 25.6 Å². The van der Waals surface area contributed by atoms with E-state index in [9.17, 15) is 14.4 Å². The van der Waals surface area contributed by atoms with E-state index in [0.717, 1.165) is 5.56 Å². The number of amides is 2. The minimum absolute atomic E-state index is 0.118. The summed E-state index contributed by atoms with van der Waals surface area (Å²) < 4.78 is 15.7. The van der Waals surface area contributed by atoms with Crippen LogP contribution in [-0.4, -0.2) is 41.9 Å². The van der Waals surface area contributed by atoms with Gasteiger partial charge in [-0.3, -0.25) is 4.79 Å². The maximum atomic E-state index is 12.3. The van der Waals surface area contributed by atoms with E-state index in [0.29, 0.717) is 0 Å². The maximum Gasteiger partial charge on any atom is 0.408 e. The van der Waals surface area contributed by atoms with Crippen molar-refractivity contribution in [3.63, 3.8) is 0 Å². The lowest BCUT2D eigenvalue weighted by Gasteiger charge is -2.32. The zero-order valence-corrected chi connectivity index (χ0v) is 17.1. The molecule has 1 aliphatic rings. The Kier molecular flexibility index (Phi) is 7.64. The number of hydrogen-bond acceptors (Lipinski definition) is 6. The number of rotatable bonds is 5. The highest BCUT2D eigenvalue weighted by Crippen LogP contribution is 2.17. The molecule has 2 N–H and O–H groups in total. The number of hydrogen-bond donors (Lipinski definition) is 2. The van der Waals surface area contributed by atoms with Crippen LogP contribution >= 0.6 is 0 Å². The highest BCUT2D eigenvalue weighted by Gasteiger charge is 2.32. The van der Waals surface area contributed by atoms with Gasteiger partial charge in [-0.15, -0.1) is 0 Å². The smallest absolute Gasteiger partial charge is 0.408 e. The number of esters is 1. The summed E-state index contributed by atoms with van der Waals surface area (Å²) >= 11 is 0. The van der Waals surface area contributed by atoms with Crippen LogP contribution < -0.4 is 10.6 Å². The van der Waals surface area contributed by atoms with Gasteiger partial charge in [0, 0.05) is 13.3 Å². The molecule has 0 aliphatic heterocycles. The van der Waals surface area contributed by atoms with E-state index in [-0.39, 0.29) is 13.0 Å². The predicted molar refractivity (Wildman–Crippen MR) is 106 cm³/mol. The molecule has 158 valence electrons. The second-order valence-electron chi connectivity index (χ2n) is 7.75. The molecule has 2 amide bonds. The highest BCUT2D eigenvalue weighted by atomic mass is 16.6. The molecular formula is C21H28N2O6. The van der Waals surface area contributed by atoms with Crippen LogP contribution in [0, 0.1) is 0 Å². The first-order chi connectivity index (χ1) is 13.6. The standard InChI is InChI=1S/C21H28N2O6/c1-14(24)28-16-10-11-17(22-20(26)29-21(2,3)4)18(12-16)23-19(25)27-13-15-8-6-5-7-9-15/h5-11,16-18H,12-13H2,1-4H3,(H,22,26)(H,23,25). The van der Waals surface area contributed by atoms with Crippen LogP contribution in [0.3, 0.4) is 0 Å². The summed E-state index contributed by atoms with van der Waals surface area (Å²) in [7, 11) is 0. The number of nitrogens with one attached hydrogen (secondary N) is 2. The summed E-state index contributed by atoms with van der Waals surface area (Å²) in [6, 6.07) is 8.20. The molecule has 0 bridgehead atoms. The fourth-order valence-electron chi connectivity index (χ4n) is 2.81. The van der Waals surface area contributed by atoms with Crippen molar-refractivity contribution >= 4 is 18.2 Å². The van der Waals surface area contributed by atoms with Crippen molar-refractivity contribution < 1.29 is 28.6 Å². The summed E-state index contributed by atoms with van der Waals surface area (Å²) in [5.74, 6) is -0.427. The molecule has 2 rings (SSSR count). The Labute approximate surface area is 170 Å². The largest absolute Gasteiger partial charge is 0.458 e. The van der Waals surface area contributed by atoms with Gasteiger partial charge in [-0.2, -0.15) is 0 Å². The Balaban J connectivity index is 1.99. The number of alkyl carbamates (subject to hydrolysis) is 2. The van der Waals surface area contributed by atoms with Crippen molar-refractivity contribution in [2.75, 3.05) is 0 Å². The predicted octanol–water partition coefficient (Wildman–Crippen LogP) is 3.07. The molecule has 0 saturated carbocycles. The molecule has 0 heterocycles. The van der Waals surface area contributed by atoms with Crippen LogP contribution in [0.15, 0.2) is 42.5 Å². The summed E-state index contributed by atoms with van der Waals surface area (Å²) in [6.45, 7) is 6.71. The molecule has 29 heavy (non-hydrogen) atoms. The van der Waals surface area contributed by atoms with Gasteiger partial charge in [0.1, 0.15) is 18.3 Å². The third kappa shape index (κ3) is 8.25. The summed E-state index contributed by atoms with van der Waals surface area (Å²) in [5, 5.41) is 5.46. The van der Waals surface area contributed by atoms with Crippen molar-refractivity contribution in [3.8, 4) is 0 Å². The van der Waals surface area contributed by atoms with Gasteiger partial charge in [0.05, 0.1) is 12.1 Å². The van der Waals surface area contributed by atoms with Crippen molar-refractivity contribution in [1.82, 2.24) is 10.6 Å². The van der Waals surface area contributed by atoms with E-state index in [1.807, 2.05) is 30.3 Å². The van der Waals surface area contributed by atoms with E-state index in [4.69, 9.17) is 14.2 Å². The first kappa shape index (κ1) is 22.3. The van der Waals surface area contributed by atoms with Gasteiger partial charge >= 0.3 is 18.2 Å². The first-order valence-corrected chi connectivity index (χ1v) is 9.44. The highest BCUT2D eigenvalue weighted by molar-refractivity contribution is 5.70. The fourth-order valence-corrected chi connectivity index (χ4v) is 2.81. The summed E-state index contributed by atoms with van der Waals surface area (Å²) in [4.78, 5) is 35.7. The van der Waals surface area contributed by atoms with Crippen molar-refractivity contribution in [2.45, 2.75) is 64.5 Å². The van der Waals surface area contributed by atoms with Gasteiger partial charge in [0.15, 0.2) is 0 Å². The Bertz CT molecular complexity index is 741. The van der Waals surface area contributed by atoms with Gasteiger partial charge in [-0.1, -0.05) is 36.4 Å². The summed E-state index contributed by atoms with van der Waals surface area (Å²) in [5.41, 5.74) is 0.202. The zero-order valence-electron chi connectivity index (χ0n) is 17.1. The van der Waals surface area contributed by atoms with Gasteiger partial charge in [0.25, 0.3) is 0 Å². The molecule has 8 nitrogen and oxygen atoms in total. The number of carbonyl (C=O) groups excluding carboxylic acids is 3. The minimum atomic E-state index is -0.652. The molecule has 0 radical (unpaired) electrons. The normalized spacial score (nSPS) is 21.0. The zero-order chi connectivity index (χ0) is 21.4. The lowest BCUT2D eigenvalue weighted by molar-refractivity contribution is -0.144. The Hall–Kier alpha value is -3.03. The van der Waals surface area contributed by atoms with E-state index in [1.165, 1.54) is 6.92 Å². The van der Waals surface area contributed by atoms with Gasteiger partial charge in [0.2, 0.25) is 0 Å². The SMILES string of the molecule is CC(=O)OC1C=CC(NC(=O)OC(C)(C)C)C(NC(=O)OCc2ccccc2)C1. The third-order valence-corrected chi connectivity index (χ3v) is 3.97. The van der Waals surface area contributed by atoms with E-state index in [1.54, 1.807) is 32.9 Å². The lowest BCUT2D eigenvalue weighted by atomic mass is 9.94. The summed E-state index contributed by atoms with van der Waals surface area (Å²) in [6.07, 6.45) is 1.88. The number of benzene rings is 1. The van der Waals surface area contributed by atoms with Crippen molar-refractivity contribution in [1.29, 1.82) is 0 Å². The average molecular weight is 404 g/mol. The van der Waals surface area contributed by atoms with Crippen LogP contribution in [0.2, 0.25) is 0 Å². The number of ether oxygens (including phenoxy) is 3. The Morgan fingerprint density at radius 2 is 1.72 bits per heavy atom. The molecule has 1 aliphatic carbocycles. The first-order valence-electron chi connectivity index (χ1n) is 9.44. The van der Waals surface area contributed by atoms with Crippen molar-refractivity contribution in [2.24, 2.45) is 0 Å². The van der Waals surface area contributed by atoms with Gasteiger partial charge < -0.3 is 24.8 Å². The van der Waals surface area contributed by atoms with Crippen LogP contribution in [0.5, 0.6) is 0 Å². The van der Waals surface area contributed by atoms with E-state index < -0.39 is 41.9 Å². The Morgan fingerprint density at radius 1 is 1.03 bits per heavy atom. The second-order valence-corrected chi connectivity index (χ2v) is 7.75. The lowest BCUT2D eigenvalue weighted by Crippen LogP contribution is -2.54. The topological polar surface area (TPSA) is 103 Å². The minimum Gasteiger partial charge on any atom is -0.458 e.